The molecular weight excluding hydrogens is 504 g/mol. The summed E-state index contributed by atoms with van der Waals surface area (Å²) in [4.78, 5) is 25.4. The van der Waals surface area contributed by atoms with Gasteiger partial charge in [-0.2, -0.15) is 0 Å². The molecule has 0 saturated heterocycles. The molecule has 1 atom stereocenters. The lowest BCUT2D eigenvalue weighted by atomic mass is 10.1. The van der Waals surface area contributed by atoms with Crippen molar-refractivity contribution >= 4 is 12.1 Å². The Kier molecular flexibility index (Phi) is 12.7. The van der Waals surface area contributed by atoms with Crippen LogP contribution in [0.25, 0.3) is 0 Å². The Morgan fingerprint density at radius 1 is 1.00 bits per heavy atom. The van der Waals surface area contributed by atoms with Gasteiger partial charge in [0.1, 0.15) is 23.9 Å². The minimum absolute atomic E-state index is 0.0442. The highest BCUT2D eigenvalue weighted by Crippen LogP contribution is 2.20. The average Bonchev–Trinajstić information content (AvgIpc) is 2.87. The van der Waals surface area contributed by atoms with Crippen molar-refractivity contribution in [3.63, 3.8) is 0 Å². The molecule has 0 bridgehead atoms. The lowest BCUT2D eigenvalue weighted by Crippen LogP contribution is -2.39. The standard InChI is InChI=1S/C27H35F2NO8/c1-4-36-24(25(31)32)18-20-8-10-21(11-9-20)37-17-14-30(13-16-35-15-12-27(2,28)29)26(33)38-23-7-5-6-22(19-23)34-3/h5-11,19,24H,4,12-18H2,1-3H3,(H,31,32). The molecule has 0 aromatic heterocycles. The minimum Gasteiger partial charge on any atom is -0.497 e. The molecule has 1 N–H and O–H groups in total. The van der Waals surface area contributed by atoms with Gasteiger partial charge < -0.3 is 33.7 Å². The van der Waals surface area contributed by atoms with Crippen LogP contribution in [0.5, 0.6) is 17.2 Å². The summed E-state index contributed by atoms with van der Waals surface area (Å²) in [5, 5.41) is 9.24. The van der Waals surface area contributed by atoms with Crippen molar-refractivity contribution in [2.45, 2.75) is 38.7 Å². The van der Waals surface area contributed by atoms with E-state index < -0.39 is 30.5 Å². The number of methoxy groups -OCH3 is 1. The van der Waals surface area contributed by atoms with Gasteiger partial charge in [0.25, 0.3) is 0 Å². The van der Waals surface area contributed by atoms with Crippen molar-refractivity contribution in [3.05, 3.63) is 54.1 Å². The lowest BCUT2D eigenvalue weighted by Gasteiger charge is -2.22. The van der Waals surface area contributed by atoms with E-state index in [1.807, 2.05) is 0 Å². The number of hydrogen-bond acceptors (Lipinski definition) is 7. The van der Waals surface area contributed by atoms with Crippen molar-refractivity contribution in [1.82, 2.24) is 4.90 Å². The van der Waals surface area contributed by atoms with Gasteiger partial charge in [-0.05, 0) is 43.7 Å². The van der Waals surface area contributed by atoms with E-state index in [9.17, 15) is 23.5 Å². The predicted octanol–water partition coefficient (Wildman–Crippen LogP) is 4.67. The fourth-order valence-electron chi connectivity index (χ4n) is 3.28. The van der Waals surface area contributed by atoms with Gasteiger partial charge in [-0.1, -0.05) is 18.2 Å². The van der Waals surface area contributed by atoms with E-state index in [4.69, 9.17) is 23.7 Å². The molecular formula is C27H35F2NO8. The summed E-state index contributed by atoms with van der Waals surface area (Å²) in [6.45, 7) is 3.12. The van der Waals surface area contributed by atoms with Gasteiger partial charge in [0.05, 0.1) is 26.9 Å². The molecule has 2 aromatic rings. The van der Waals surface area contributed by atoms with Crippen LogP contribution in [-0.4, -0.2) is 80.7 Å². The molecule has 2 aromatic carbocycles. The van der Waals surface area contributed by atoms with Gasteiger partial charge in [0.15, 0.2) is 6.10 Å². The van der Waals surface area contributed by atoms with E-state index in [0.29, 0.717) is 18.1 Å². The third-order valence-corrected chi connectivity index (χ3v) is 5.31. The number of halogens is 2. The number of carboxylic acid groups (broad SMARTS) is 1. The molecule has 0 heterocycles. The Morgan fingerprint density at radius 3 is 2.32 bits per heavy atom. The number of carbonyl (C=O) groups excluding carboxylic acids is 1. The van der Waals surface area contributed by atoms with Gasteiger partial charge in [-0.3, -0.25) is 0 Å². The highest BCUT2D eigenvalue weighted by atomic mass is 19.3. The van der Waals surface area contributed by atoms with E-state index in [2.05, 4.69) is 0 Å². The van der Waals surface area contributed by atoms with Crippen LogP contribution in [0.1, 0.15) is 25.8 Å². The molecule has 210 valence electrons. The van der Waals surface area contributed by atoms with Crippen molar-refractivity contribution in [1.29, 1.82) is 0 Å². The Balaban J connectivity index is 1.93. The molecule has 1 unspecified atom stereocenters. The number of benzene rings is 2. The quantitative estimate of drug-likeness (QED) is 0.289. The highest BCUT2D eigenvalue weighted by Gasteiger charge is 2.21. The fourth-order valence-corrected chi connectivity index (χ4v) is 3.28. The zero-order valence-corrected chi connectivity index (χ0v) is 21.9. The van der Waals surface area contributed by atoms with Crippen molar-refractivity contribution in [2.75, 3.05) is 46.6 Å². The number of rotatable bonds is 17. The SMILES string of the molecule is CCOC(Cc1ccc(OCCN(CCOCCC(C)(F)F)C(=O)Oc2cccc(OC)c2)cc1)C(=O)O. The van der Waals surface area contributed by atoms with Crippen LogP contribution in [0.15, 0.2) is 48.5 Å². The van der Waals surface area contributed by atoms with Crippen LogP contribution in [0.3, 0.4) is 0 Å². The molecule has 38 heavy (non-hydrogen) atoms. The summed E-state index contributed by atoms with van der Waals surface area (Å²) in [5.41, 5.74) is 0.775. The summed E-state index contributed by atoms with van der Waals surface area (Å²) in [5.74, 6) is -2.52. The first-order valence-electron chi connectivity index (χ1n) is 12.2. The molecule has 0 spiro atoms. The zero-order valence-electron chi connectivity index (χ0n) is 21.9. The molecule has 0 aliphatic rings. The lowest BCUT2D eigenvalue weighted by molar-refractivity contribution is -0.149. The maximum atomic E-state index is 13.0. The van der Waals surface area contributed by atoms with Crippen molar-refractivity contribution in [2.24, 2.45) is 0 Å². The number of alkyl halides is 2. The Labute approximate surface area is 221 Å². The number of aliphatic carboxylic acids is 1. The van der Waals surface area contributed by atoms with Gasteiger partial charge in [0, 0.05) is 32.1 Å². The monoisotopic (exact) mass is 539 g/mol. The Morgan fingerprint density at radius 2 is 1.68 bits per heavy atom. The van der Waals surface area contributed by atoms with Gasteiger partial charge in [0.2, 0.25) is 5.92 Å². The number of carbonyl (C=O) groups is 2. The Hall–Kier alpha value is -3.44. The van der Waals surface area contributed by atoms with Crippen LogP contribution < -0.4 is 14.2 Å². The number of ether oxygens (including phenoxy) is 5. The average molecular weight is 540 g/mol. The van der Waals surface area contributed by atoms with Crippen LogP contribution in [0.2, 0.25) is 0 Å². The van der Waals surface area contributed by atoms with Crippen LogP contribution in [0.4, 0.5) is 13.6 Å². The van der Waals surface area contributed by atoms with E-state index in [-0.39, 0.29) is 45.1 Å². The first-order chi connectivity index (χ1) is 18.1. The summed E-state index contributed by atoms with van der Waals surface area (Å²) in [6, 6.07) is 13.5. The summed E-state index contributed by atoms with van der Waals surface area (Å²) in [6.07, 6.45) is -1.78. The second-order valence-corrected chi connectivity index (χ2v) is 8.45. The maximum Gasteiger partial charge on any atom is 0.415 e. The number of amides is 1. The summed E-state index contributed by atoms with van der Waals surface area (Å²) in [7, 11) is 1.50. The van der Waals surface area contributed by atoms with E-state index in [1.54, 1.807) is 55.5 Å². The normalized spacial score (nSPS) is 12.0. The molecule has 0 saturated carbocycles. The first kappa shape index (κ1) is 30.8. The van der Waals surface area contributed by atoms with Crippen molar-refractivity contribution < 1.29 is 47.2 Å². The topological polar surface area (TPSA) is 104 Å². The summed E-state index contributed by atoms with van der Waals surface area (Å²) < 4.78 is 52.8. The smallest absolute Gasteiger partial charge is 0.415 e. The van der Waals surface area contributed by atoms with Crippen LogP contribution in [0, 0.1) is 0 Å². The molecule has 2 rings (SSSR count). The molecule has 1 amide bonds. The predicted molar refractivity (Wildman–Crippen MR) is 135 cm³/mol. The Bertz CT molecular complexity index is 997. The molecule has 0 aliphatic carbocycles. The summed E-state index contributed by atoms with van der Waals surface area (Å²) >= 11 is 0. The maximum absolute atomic E-state index is 13.0. The number of nitrogens with zero attached hydrogens (tertiary/aromatic N) is 1. The minimum atomic E-state index is -2.83. The van der Waals surface area contributed by atoms with Gasteiger partial charge in [-0.25, -0.2) is 18.4 Å². The highest BCUT2D eigenvalue weighted by molar-refractivity contribution is 5.72. The van der Waals surface area contributed by atoms with E-state index in [0.717, 1.165) is 12.5 Å². The second-order valence-electron chi connectivity index (χ2n) is 8.45. The molecule has 11 heteroatoms. The van der Waals surface area contributed by atoms with Crippen LogP contribution in [-0.2, 0) is 20.7 Å². The molecule has 0 fully saturated rings. The van der Waals surface area contributed by atoms with E-state index in [1.165, 1.54) is 12.0 Å². The molecule has 0 aliphatic heterocycles. The largest absolute Gasteiger partial charge is 0.497 e. The zero-order chi connectivity index (χ0) is 28.0. The fraction of sp³-hybridized carbons (Fsp3) is 0.481. The number of hydrogen-bond donors (Lipinski definition) is 1. The number of carboxylic acids is 1. The third kappa shape index (κ3) is 11.7. The van der Waals surface area contributed by atoms with Crippen molar-refractivity contribution in [3.8, 4) is 17.2 Å². The molecule has 0 radical (unpaired) electrons. The van der Waals surface area contributed by atoms with E-state index >= 15 is 0 Å². The molecule has 9 nitrogen and oxygen atoms in total. The van der Waals surface area contributed by atoms with Gasteiger partial charge in [-0.15, -0.1) is 0 Å². The van der Waals surface area contributed by atoms with Gasteiger partial charge >= 0.3 is 12.1 Å². The first-order valence-corrected chi connectivity index (χ1v) is 12.2. The second kappa shape index (κ2) is 15.7. The third-order valence-electron chi connectivity index (χ3n) is 5.31. The van der Waals surface area contributed by atoms with Crippen LogP contribution >= 0.6 is 0 Å².